The van der Waals surface area contributed by atoms with E-state index in [2.05, 4.69) is 46.2 Å². The van der Waals surface area contributed by atoms with Crippen LogP contribution in [0.2, 0.25) is 0 Å². The number of nitrogens with one attached hydrogen (secondary N) is 2. The third-order valence-electron chi connectivity index (χ3n) is 5.53. The number of allylic oxidation sites excluding steroid dienone is 4. The van der Waals surface area contributed by atoms with Gasteiger partial charge >= 0.3 is 6.03 Å². The van der Waals surface area contributed by atoms with E-state index >= 15 is 0 Å². The predicted molar refractivity (Wildman–Crippen MR) is 145 cm³/mol. The number of urea groups is 1. The number of amides is 3. The zero-order chi connectivity index (χ0) is 27.4. The summed E-state index contributed by atoms with van der Waals surface area (Å²) in [5.74, 6) is 0.283. The van der Waals surface area contributed by atoms with Gasteiger partial charge in [-0.1, -0.05) is 39.0 Å². The maximum absolute atomic E-state index is 12.7. The molecule has 3 N–H and O–H groups in total. The highest BCUT2D eigenvalue weighted by molar-refractivity contribution is 5.94. The van der Waals surface area contributed by atoms with Crippen LogP contribution >= 0.6 is 0 Å². The summed E-state index contributed by atoms with van der Waals surface area (Å²) >= 11 is 0. The van der Waals surface area contributed by atoms with Gasteiger partial charge in [0.05, 0.1) is 12.6 Å². The minimum absolute atomic E-state index is 0.0162. The number of hydrogen-bond donors (Lipinski definition) is 3. The Morgan fingerprint density at radius 3 is 2.68 bits per heavy atom. The Morgan fingerprint density at radius 2 is 2.00 bits per heavy atom. The van der Waals surface area contributed by atoms with Crippen molar-refractivity contribution in [3.63, 3.8) is 0 Å². The second-order valence-electron chi connectivity index (χ2n) is 8.83. The largest absolute Gasteiger partial charge is 0.394 e. The van der Waals surface area contributed by atoms with Crippen LogP contribution in [0.1, 0.15) is 74.5 Å². The Hall–Kier alpha value is -3.79. The Bertz CT molecular complexity index is 1140. The van der Waals surface area contributed by atoms with E-state index in [9.17, 15) is 14.7 Å². The average molecular weight is 510 g/mol. The van der Waals surface area contributed by atoms with E-state index in [4.69, 9.17) is 0 Å². The number of aliphatic hydroxyl groups excluding tert-OH is 1. The van der Waals surface area contributed by atoms with Crippen molar-refractivity contribution in [2.45, 2.75) is 60.0 Å². The van der Waals surface area contributed by atoms with E-state index in [0.29, 0.717) is 37.6 Å². The van der Waals surface area contributed by atoms with Gasteiger partial charge in [0.15, 0.2) is 5.82 Å². The molecule has 0 bridgehead atoms. The van der Waals surface area contributed by atoms with E-state index in [-0.39, 0.29) is 30.3 Å². The lowest BCUT2D eigenvalue weighted by atomic mass is 10.0. The van der Waals surface area contributed by atoms with Crippen molar-refractivity contribution in [2.75, 3.05) is 19.7 Å². The molecule has 200 valence electrons. The highest BCUT2D eigenvalue weighted by Crippen LogP contribution is 2.19. The molecule has 1 unspecified atom stereocenters. The first-order valence-corrected chi connectivity index (χ1v) is 12.6. The molecule has 2 aromatic rings. The SMILES string of the molecule is C=C(/C=C\C=C(/C)c1nncn1C(C)CO)NC(=O)c1cc2c(cn1)CCN(C(=O)NCC)C2.CCC. The fraction of sp³-hybridized carbons (Fsp3) is 0.444. The molecule has 1 aliphatic rings. The van der Waals surface area contributed by atoms with Crippen LogP contribution < -0.4 is 10.6 Å². The van der Waals surface area contributed by atoms with E-state index < -0.39 is 0 Å². The highest BCUT2D eigenvalue weighted by atomic mass is 16.3. The van der Waals surface area contributed by atoms with Crippen molar-refractivity contribution in [1.29, 1.82) is 0 Å². The summed E-state index contributed by atoms with van der Waals surface area (Å²) in [5, 5.41) is 22.9. The second kappa shape index (κ2) is 14.7. The molecule has 0 spiro atoms. The first kappa shape index (κ1) is 29.4. The summed E-state index contributed by atoms with van der Waals surface area (Å²) < 4.78 is 1.80. The summed E-state index contributed by atoms with van der Waals surface area (Å²) in [5.41, 5.74) is 3.48. The van der Waals surface area contributed by atoms with E-state index in [1.165, 1.54) is 6.42 Å². The topological polar surface area (TPSA) is 125 Å². The lowest BCUT2D eigenvalue weighted by Crippen LogP contribution is -2.42. The standard InChI is InChI=1S/C24H31N7O3.C3H8/c1-5-25-24(34)30-10-9-19-12-26-21(11-20(19)13-30)23(33)28-17(3)8-6-7-16(2)22-29-27-15-31(22)18(4)14-32;1-3-2/h6-8,11-12,15,18,32H,3,5,9-10,13-14H2,1-2,4H3,(H,25,34)(H,28,33);3H2,1-2H3/b8-6-,16-7+;. The number of carbonyl (C=O) groups is 2. The first-order chi connectivity index (χ1) is 17.7. The number of nitrogens with zero attached hydrogens (tertiary/aromatic N) is 5. The number of rotatable bonds is 8. The predicted octanol–water partition coefficient (Wildman–Crippen LogP) is 3.63. The first-order valence-electron chi connectivity index (χ1n) is 12.6. The maximum Gasteiger partial charge on any atom is 0.317 e. The number of pyridine rings is 1. The lowest BCUT2D eigenvalue weighted by molar-refractivity contribution is 0.0962. The van der Waals surface area contributed by atoms with Crippen molar-refractivity contribution < 1.29 is 14.7 Å². The molecular weight excluding hydrogens is 470 g/mol. The van der Waals surface area contributed by atoms with Gasteiger partial charge in [-0.25, -0.2) is 4.79 Å². The quantitative estimate of drug-likeness (QED) is 0.467. The molecule has 37 heavy (non-hydrogen) atoms. The summed E-state index contributed by atoms with van der Waals surface area (Å²) in [6, 6.07) is 1.48. The zero-order valence-electron chi connectivity index (χ0n) is 22.5. The fourth-order valence-electron chi connectivity index (χ4n) is 3.57. The van der Waals surface area contributed by atoms with Gasteiger partial charge < -0.3 is 25.2 Å². The summed E-state index contributed by atoms with van der Waals surface area (Å²) in [4.78, 5) is 30.8. The Kier molecular flexibility index (Phi) is 11.7. The maximum atomic E-state index is 12.7. The molecule has 0 radical (unpaired) electrons. The van der Waals surface area contributed by atoms with Gasteiger partial charge in [0.1, 0.15) is 12.0 Å². The van der Waals surface area contributed by atoms with Gasteiger partial charge in [0.25, 0.3) is 5.91 Å². The van der Waals surface area contributed by atoms with Crippen LogP contribution in [-0.4, -0.2) is 61.4 Å². The molecule has 2 aromatic heterocycles. The highest BCUT2D eigenvalue weighted by Gasteiger charge is 2.22. The molecule has 3 amide bonds. The molecule has 0 aromatic carbocycles. The van der Waals surface area contributed by atoms with Gasteiger partial charge in [-0.2, -0.15) is 0 Å². The van der Waals surface area contributed by atoms with Crippen molar-refractivity contribution in [3.8, 4) is 0 Å². The third-order valence-corrected chi connectivity index (χ3v) is 5.53. The monoisotopic (exact) mass is 509 g/mol. The van der Waals surface area contributed by atoms with Crippen molar-refractivity contribution in [3.05, 3.63) is 71.7 Å². The molecule has 1 atom stereocenters. The number of hydrogen-bond acceptors (Lipinski definition) is 6. The molecular formula is C27H39N7O3. The van der Waals surface area contributed by atoms with Gasteiger partial charge in [-0.05, 0) is 56.0 Å². The van der Waals surface area contributed by atoms with Crippen molar-refractivity contribution >= 4 is 17.5 Å². The molecule has 3 rings (SSSR count). The van der Waals surface area contributed by atoms with Crippen LogP contribution in [0, 0.1) is 0 Å². The summed E-state index contributed by atoms with van der Waals surface area (Å²) in [7, 11) is 0. The number of fused-ring (bicyclic) bond motifs is 1. The van der Waals surface area contributed by atoms with E-state index in [1.807, 2.05) is 26.8 Å². The molecule has 0 fully saturated rings. The van der Waals surface area contributed by atoms with Crippen LogP contribution in [0.25, 0.3) is 5.57 Å². The average Bonchev–Trinajstić information content (AvgIpc) is 3.38. The normalized spacial score (nSPS) is 13.9. The third kappa shape index (κ3) is 8.38. The second-order valence-corrected chi connectivity index (χ2v) is 8.83. The number of aromatic nitrogens is 4. The lowest BCUT2D eigenvalue weighted by Gasteiger charge is -2.28. The summed E-state index contributed by atoms with van der Waals surface area (Å²) in [6.07, 6.45) is 10.5. The molecule has 0 saturated heterocycles. The molecule has 10 nitrogen and oxygen atoms in total. The number of aliphatic hydroxyl groups is 1. The molecule has 3 heterocycles. The molecule has 0 aliphatic carbocycles. The molecule has 0 saturated carbocycles. The van der Waals surface area contributed by atoms with Gasteiger partial charge in [-0.3, -0.25) is 9.78 Å². The van der Waals surface area contributed by atoms with Gasteiger partial charge in [0.2, 0.25) is 0 Å². The number of carbonyl (C=O) groups excluding carboxylic acids is 2. The Morgan fingerprint density at radius 1 is 1.27 bits per heavy atom. The van der Waals surface area contributed by atoms with Gasteiger partial charge in [0, 0.05) is 31.5 Å². The zero-order valence-corrected chi connectivity index (χ0v) is 22.5. The van der Waals surface area contributed by atoms with Crippen LogP contribution in [0.3, 0.4) is 0 Å². The van der Waals surface area contributed by atoms with Crippen LogP contribution in [0.15, 0.2) is 49.1 Å². The van der Waals surface area contributed by atoms with Crippen molar-refractivity contribution in [2.24, 2.45) is 0 Å². The van der Waals surface area contributed by atoms with Gasteiger partial charge in [-0.15, -0.1) is 10.2 Å². The van der Waals surface area contributed by atoms with Crippen LogP contribution in [0.5, 0.6) is 0 Å². The minimum atomic E-state index is -0.371. The minimum Gasteiger partial charge on any atom is -0.394 e. The molecule has 10 heteroatoms. The smallest absolute Gasteiger partial charge is 0.317 e. The van der Waals surface area contributed by atoms with E-state index in [1.54, 1.807) is 40.2 Å². The Balaban J connectivity index is 0.00000153. The summed E-state index contributed by atoms with van der Waals surface area (Å²) in [6.45, 7) is 15.4. The fourth-order valence-corrected chi connectivity index (χ4v) is 3.57. The van der Waals surface area contributed by atoms with Crippen LogP contribution in [0.4, 0.5) is 4.79 Å². The van der Waals surface area contributed by atoms with Crippen LogP contribution in [-0.2, 0) is 13.0 Å². The Labute approximate surface area is 219 Å². The molecule has 1 aliphatic heterocycles. The van der Waals surface area contributed by atoms with Crippen molar-refractivity contribution in [1.82, 2.24) is 35.3 Å². The van der Waals surface area contributed by atoms with E-state index in [0.717, 1.165) is 16.7 Å².